The van der Waals surface area contributed by atoms with E-state index < -0.39 is 0 Å². The van der Waals surface area contributed by atoms with Gasteiger partial charge in [0.05, 0.1) is 6.04 Å². The molecule has 0 aliphatic heterocycles. The molecule has 0 saturated carbocycles. The highest BCUT2D eigenvalue weighted by Gasteiger charge is 2.13. The van der Waals surface area contributed by atoms with Crippen LogP contribution in [0.5, 0.6) is 0 Å². The van der Waals surface area contributed by atoms with Gasteiger partial charge in [-0.05, 0) is 36.6 Å². The SMILES string of the molecule is CC(=O)NC(C)c1ccc2c(-c3ccccc3C)cc(=O)oc2c1. The highest BCUT2D eigenvalue weighted by molar-refractivity contribution is 5.94. The van der Waals surface area contributed by atoms with Crippen molar-refractivity contribution in [3.05, 3.63) is 70.1 Å². The molecule has 0 fully saturated rings. The third-order valence-electron chi connectivity index (χ3n) is 4.12. The molecule has 0 aliphatic rings. The van der Waals surface area contributed by atoms with Crippen LogP contribution in [0.1, 0.15) is 31.0 Å². The lowest BCUT2D eigenvalue weighted by Gasteiger charge is -2.14. The maximum atomic E-state index is 12.0. The van der Waals surface area contributed by atoms with Crippen LogP contribution in [0.4, 0.5) is 0 Å². The molecule has 2 aromatic carbocycles. The van der Waals surface area contributed by atoms with Gasteiger partial charge in [-0.1, -0.05) is 36.4 Å². The standard InChI is InChI=1S/C20H19NO3/c1-12-6-4-5-7-16(12)18-11-20(23)24-19-10-15(8-9-17(18)19)13(2)21-14(3)22/h4-11,13H,1-3H3,(H,21,22). The van der Waals surface area contributed by atoms with E-state index in [4.69, 9.17) is 4.42 Å². The Morgan fingerprint density at radius 3 is 2.54 bits per heavy atom. The van der Waals surface area contributed by atoms with Crippen LogP contribution in [0.2, 0.25) is 0 Å². The Balaban J connectivity index is 2.18. The van der Waals surface area contributed by atoms with E-state index in [1.54, 1.807) is 0 Å². The van der Waals surface area contributed by atoms with Gasteiger partial charge in [0.1, 0.15) is 5.58 Å². The highest BCUT2D eigenvalue weighted by atomic mass is 16.4. The number of hydrogen-bond acceptors (Lipinski definition) is 3. The molecule has 0 radical (unpaired) electrons. The number of aryl methyl sites for hydroxylation is 1. The number of benzene rings is 2. The van der Waals surface area contributed by atoms with E-state index in [-0.39, 0.29) is 17.6 Å². The van der Waals surface area contributed by atoms with E-state index in [1.165, 1.54) is 13.0 Å². The number of carbonyl (C=O) groups is 1. The number of fused-ring (bicyclic) bond motifs is 1. The Hall–Kier alpha value is -2.88. The second kappa shape index (κ2) is 6.32. The summed E-state index contributed by atoms with van der Waals surface area (Å²) >= 11 is 0. The van der Waals surface area contributed by atoms with Crippen LogP contribution in [0, 0.1) is 6.92 Å². The minimum atomic E-state index is -0.384. The smallest absolute Gasteiger partial charge is 0.336 e. The first kappa shape index (κ1) is 16.0. The van der Waals surface area contributed by atoms with Crippen LogP contribution in [-0.4, -0.2) is 5.91 Å². The minimum absolute atomic E-state index is 0.0993. The van der Waals surface area contributed by atoms with Crippen molar-refractivity contribution in [1.82, 2.24) is 5.32 Å². The van der Waals surface area contributed by atoms with Crippen molar-refractivity contribution in [3.8, 4) is 11.1 Å². The third kappa shape index (κ3) is 3.08. The Labute approximate surface area is 140 Å². The fraction of sp³-hybridized carbons (Fsp3) is 0.200. The Kier molecular flexibility index (Phi) is 4.21. The molecule has 1 amide bonds. The zero-order valence-corrected chi connectivity index (χ0v) is 13.9. The second-order valence-electron chi connectivity index (χ2n) is 5.97. The summed E-state index contributed by atoms with van der Waals surface area (Å²) in [4.78, 5) is 23.2. The minimum Gasteiger partial charge on any atom is -0.423 e. The largest absolute Gasteiger partial charge is 0.423 e. The first-order chi connectivity index (χ1) is 11.5. The molecule has 1 N–H and O–H groups in total. The predicted molar refractivity (Wildman–Crippen MR) is 94.9 cm³/mol. The molecule has 4 nitrogen and oxygen atoms in total. The summed E-state index contributed by atoms with van der Waals surface area (Å²) in [5, 5.41) is 3.71. The fourth-order valence-electron chi connectivity index (χ4n) is 2.93. The molecule has 24 heavy (non-hydrogen) atoms. The number of rotatable bonds is 3. The lowest BCUT2D eigenvalue weighted by molar-refractivity contribution is -0.119. The molecule has 1 heterocycles. The molecule has 0 saturated heterocycles. The van der Waals surface area contributed by atoms with Gasteiger partial charge in [-0.2, -0.15) is 0 Å². The Morgan fingerprint density at radius 2 is 1.83 bits per heavy atom. The van der Waals surface area contributed by atoms with Crippen LogP contribution < -0.4 is 10.9 Å². The van der Waals surface area contributed by atoms with E-state index in [2.05, 4.69) is 5.32 Å². The summed E-state index contributed by atoms with van der Waals surface area (Å²) in [7, 11) is 0. The Morgan fingerprint density at radius 1 is 1.08 bits per heavy atom. The fourth-order valence-corrected chi connectivity index (χ4v) is 2.93. The van der Waals surface area contributed by atoms with Gasteiger partial charge in [-0.25, -0.2) is 4.79 Å². The molecule has 3 rings (SSSR count). The van der Waals surface area contributed by atoms with Gasteiger partial charge >= 0.3 is 5.63 Å². The van der Waals surface area contributed by atoms with E-state index in [1.807, 2.05) is 56.3 Å². The topological polar surface area (TPSA) is 59.3 Å². The summed E-state index contributed by atoms with van der Waals surface area (Å²) in [5.74, 6) is -0.0993. The molecule has 4 heteroatoms. The van der Waals surface area contributed by atoms with Gasteiger partial charge in [0.2, 0.25) is 5.91 Å². The lowest BCUT2D eigenvalue weighted by atomic mass is 9.96. The molecular weight excluding hydrogens is 302 g/mol. The molecule has 0 spiro atoms. The van der Waals surface area contributed by atoms with Gasteiger partial charge in [-0.15, -0.1) is 0 Å². The monoisotopic (exact) mass is 321 g/mol. The molecule has 1 unspecified atom stereocenters. The van der Waals surface area contributed by atoms with Gasteiger partial charge in [0.15, 0.2) is 0 Å². The summed E-state index contributed by atoms with van der Waals surface area (Å²) in [6.45, 7) is 5.39. The van der Waals surface area contributed by atoms with Crippen molar-refractivity contribution in [1.29, 1.82) is 0 Å². The number of amides is 1. The molecular formula is C20H19NO3. The molecule has 3 aromatic rings. The normalized spacial score (nSPS) is 12.1. The summed E-state index contributed by atoms with van der Waals surface area (Å²) in [6, 6.07) is 15.0. The van der Waals surface area contributed by atoms with E-state index in [9.17, 15) is 9.59 Å². The van der Waals surface area contributed by atoms with Crippen LogP contribution in [-0.2, 0) is 4.79 Å². The van der Waals surface area contributed by atoms with Crippen molar-refractivity contribution in [2.45, 2.75) is 26.8 Å². The number of nitrogens with one attached hydrogen (secondary N) is 1. The van der Waals surface area contributed by atoms with Crippen molar-refractivity contribution in [3.63, 3.8) is 0 Å². The second-order valence-corrected chi connectivity index (χ2v) is 5.97. The van der Waals surface area contributed by atoms with Crippen LogP contribution >= 0.6 is 0 Å². The van der Waals surface area contributed by atoms with Crippen LogP contribution in [0.15, 0.2) is 57.7 Å². The Bertz CT molecular complexity index is 972. The van der Waals surface area contributed by atoms with E-state index >= 15 is 0 Å². The average Bonchev–Trinajstić information content (AvgIpc) is 2.53. The third-order valence-corrected chi connectivity index (χ3v) is 4.12. The quantitative estimate of drug-likeness (QED) is 0.743. The predicted octanol–water partition coefficient (Wildman–Crippen LogP) is 3.97. The summed E-state index contributed by atoms with van der Waals surface area (Å²) < 4.78 is 5.39. The molecule has 122 valence electrons. The molecule has 1 aromatic heterocycles. The lowest BCUT2D eigenvalue weighted by Crippen LogP contribution is -2.23. The first-order valence-corrected chi connectivity index (χ1v) is 7.86. The highest BCUT2D eigenvalue weighted by Crippen LogP contribution is 2.30. The van der Waals surface area contributed by atoms with Gasteiger partial charge in [-0.3, -0.25) is 4.79 Å². The number of carbonyl (C=O) groups excluding carboxylic acids is 1. The zero-order valence-electron chi connectivity index (χ0n) is 13.9. The first-order valence-electron chi connectivity index (χ1n) is 7.86. The van der Waals surface area contributed by atoms with Gasteiger partial charge in [0, 0.05) is 23.9 Å². The van der Waals surface area contributed by atoms with Crippen LogP contribution in [0.3, 0.4) is 0 Å². The average molecular weight is 321 g/mol. The maximum Gasteiger partial charge on any atom is 0.336 e. The zero-order chi connectivity index (χ0) is 17.3. The summed E-state index contributed by atoms with van der Waals surface area (Å²) in [6.07, 6.45) is 0. The van der Waals surface area contributed by atoms with Crippen molar-refractivity contribution in [2.24, 2.45) is 0 Å². The van der Waals surface area contributed by atoms with Gasteiger partial charge in [0.25, 0.3) is 0 Å². The maximum absolute atomic E-state index is 12.0. The van der Waals surface area contributed by atoms with E-state index in [0.29, 0.717) is 5.58 Å². The molecule has 0 bridgehead atoms. The van der Waals surface area contributed by atoms with Crippen molar-refractivity contribution >= 4 is 16.9 Å². The number of hydrogen-bond donors (Lipinski definition) is 1. The van der Waals surface area contributed by atoms with Crippen molar-refractivity contribution < 1.29 is 9.21 Å². The van der Waals surface area contributed by atoms with Crippen LogP contribution in [0.25, 0.3) is 22.1 Å². The molecule has 0 aliphatic carbocycles. The van der Waals surface area contributed by atoms with Gasteiger partial charge < -0.3 is 9.73 Å². The van der Waals surface area contributed by atoms with Crippen molar-refractivity contribution in [2.75, 3.05) is 0 Å². The van der Waals surface area contributed by atoms with E-state index in [0.717, 1.165) is 27.6 Å². The summed E-state index contributed by atoms with van der Waals surface area (Å²) in [5.41, 5.74) is 4.00. The molecule has 1 atom stereocenters.